The lowest BCUT2D eigenvalue weighted by Crippen LogP contribution is -2.41. The van der Waals surface area contributed by atoms with E-state index in [0.717, 1.165) is 6.42 Å². The molecule has 0 spiro atoms. The first-order valence-electron chi connectivity index (χ1n) is 6.06. The molecule has 106 valence electrons. The van der Waals surface area contributed by atoms with Crippen LogP contribution in [-0.4, -0.2) is 18.0 Å². The van der Waals surface area contributed by atoms with E-state index in [9.17, 15) is 4.79 Å². The van der Waals surface area contributed by atoms with Crippen LogP contribution in [0.1, 0.15) is 27.2 Å². The van der Waals surface area contributed by atoms with E-state index in [-0.39, 0.29) is 11.9 Å². The second-order valence-electron chi connectivity index (χ2n) is 4.43. The van der Waals surface area contributed by atoms with Gasteiger partial charge in [0.15, 0.2) is 0 Å². The average Bonchev–Trinajstić information content (AvgIpc) is 2.35. The van der Waals surface area contributed by atoms with E-state index in [1.54, 1.807) is 19.1 Å². The van der Waals surface area contributed by atoms with Crippen molar-refractivity contribution in [3.05, 3.63) is 27.2 Å². The molecule has 6 heteroatoms. The van der Waals surface area contributed by atoms with E-state index < -0.39 is 6.04 Å². The van der Waals surface area contributed by atoms with Crippen molar-refractivity contribution < 1.29 is 4.79 Å². The number of anilines is 1. The summed E-state index contributed by atoms with van der Waals surface area (Å²) >= 11 is 17.8. The molecule has 2 unspecified atom stereocenters. The van der Waals surface area contributed by atoms with Gasteiger partial charge in [-0.25, -0.2) is 0 Å². The number of halogens is 3. The van der Waals surface area contributed by atoms with Crippen molar-refractivity contribution in [1.82, 2.24) is 5.32 Å². The molecule has 0 bridgehead atoms. The Bertz CT molecular complexity index is 465. The Balaban J connectivity index is 2.74. The summed E-state index contributed by atoms with van der Waals surface area (Å²) in [4.78, 5) is 11.9. The molecule has 0 aliphatic carbocycles. The molecule has 0 saturated carbocycles. The van der Waals surface area contributed by atoms with E-state index >= 15 is 0 Å². The Labute approximate surface area is 128 Å². The van der Waals surface area contributed by atoms with E-state index in [1.807, 2.05) is 13.8 Å². The minimum atomic E-state index is -0.413. The van der Waals surface area contributed by atoms with Gasteiger partial charge in [-0.1, -0.05) is 41.7 Å². The fourth-order valence-electron chi connectivity index (χ4n) is 1.40. The Morgan fingerprint density at radius 2 is 1.74 bits per heavy atom. The Morgan fingerprint density at radius 3 is 2.32 bits per heavy atom. The van der Waals surface area contributed by atoms with Crippen LogP contribution in [0.25, 0.3) is 0 Å². The highest BCUT2D eigenvalue weighted by molar-refractivity contribution is 6.44. The number of carbonyl (C=O) groups is 1. The first-order valence-corrected chi connectivity index (χ1v) is 7.20. The van der Waals surface area contributed by atoms with E-state index in [4.69, 9.17) is 34.8 Å². The summed E-state index contributed by atoms with van der Waals surface area (Å²) in [6, 6.07) is 2.89. The van der Waals surface area contributed by atoms with Gasteiger partial charge in [-0.05, 0) is 32.4 Å². The molecule has 1 amide bonds. The Morgan fingerprint density at radius 1 is 1.16 bits per heavy atom. The number of carbonyl (C=O) groups excluding carboxylic acids is 1. The Kier molecular flexibility index (Phi) is 6.24. The summed E-state index contributed by atoms with van der Waals surface area (Å²) in [5.41, 5.74) is 0.586. The maximum atomic E-state index is 11.9. The van der Waals surface area contributed by atoms with Gasteiger partial charge < -0.3 is 10.6 Å². The van der Waals surface area contributed by atoms with Gasteiger partial charge in [-0.15, -0.1) is 0 Å². The van der Waals surface area contributed by atoms with Gasteiger partial charge in [-0.2, -0.15) is 0 Å². The van der Waals surface area contributed by atoms with E-state index in [2.05, 4.69) is 10.6 Å². The number of rotatable bonds is 5. The van der Waals surface area contributed by atoms with Crippen molar-refractivity contribution in [3.63, 3.8) is 0 Å². The van der Waals surface area contributed by atoms with Gasteiger partial charge in [0.1, 0.15) is 6.04 Å². The molecular weight excluding hydrogens is 307 g/mol. The lowest BCUT2D eigenvalue weighted by atomic mass is 10.2. The van der Waals surface area contributed by atoms with Crippen LogP contribution in [0.15, 0.2) is 12.1 Å². The molecule has 0 saturated heterocycles. The fourth-order valence-corrected chi connectivity index (χ4v) is 2.00. The molecule has 0 aromatic heterocycles. The zero-order chi connectivity index (χ0) is 14.6. The Hall–Kier alpha value is -0.640. The number of hydrogen-bond acceptors (Lipinski definition) is 2. The van der Waals surface area contributed by atoms with Crippen molar-refractivity contribution in [2.45, 2.75) is 39.3 Å². The van der Waals surface area contributed by atoms with Crippen LogP contribution in [0.3, 0.4) is 0 Å². The van der Waals surface area contributed by atoms with Crippen LogP contribution < -0.4 is 10.6 Å². The number of hydrogen-bond donors (Lipinski definition) is 2. The first-order chi connectivity index (χ1) is 8.85. The summed E-state index contributed by atoms with van der Waals surface area (Å²) in [5, 5.41) is 7.12. The average molecular weight is 324 g/mol. The molecule has 0 aliphatic heterocycles. The fraction of sp³-hybridized carbons (Fsp3) is 0.462. The summed E-state index contributed by atoms with van der Waals surface area (Å²) < 4.78 is 0. The van der Waals surface area contributed by atoms with Crippen molar-refractivity contribution in [2.75, 3.05) is 5.32 Å². The topological polar surface area (TPSA) is 41.1 Å². The minimum Gasteiger partial charge on any atom is -0.373 e. The molecule has 1 aromatic carbocycles. The normalized spacial score (nSPS) is 13.8. The van der Waals surface area contributed by atoms with Gasteiger partial charge in [0, 0.05) is 6.04 Å². The first kappa shape index (κ1) is 16.4. The lowest BCUT2D eigenvalue weighted by molar-refractivity contribution is -0.122. The molecule has 1 aromatic rings. The maximum absolute atomic E-state index is 11.9. The van der Waals surface area contributed by atoms with Crippen molar-refractivity contribution in [3.8, 4) is 0 Å². The SMILES string of the molecule is CCC(C)NC(=O)C(C)Nc1cc(Cl)c(Cl)cc1Cl. The zero-order valence-corrected chi connectivity index (χ0v) is 13.3. The van der Waals surface area contributed by atoms with E-state index in [0.29, 0.717) is 20.8 Å². The molecular formula is C13H17Cl3N2O. The summed E-state index contributed by atoms with van der Waals surface area (Å²) in [5.74, 6) is -0.0866. The largest absolute Gasteiger partial charge is 0.373 e. The molecule has 0 aliphatic rings. The van der Waals surface area contributed by atoms with Gasteiger partial charge >= 0.3 is 0 Å². The summed E-state index contributed by atoms with van der Waals surface area (Å²) in [6.45, 7) is 5.73. The second kappa shape index (κ2) is 7.22. The third-order valence-electron chi connectivity index (χ3n) is 2.78. The van der Waals surface area contributed by atoms with Crippen LogP contribution in [-0.2, 0) is 4.79 Å². The number of amides is 1. The van der Waals surface area contributed by atoms with Gasteiger partial charge in [0.2, 0.25) is 5.91 Å². The summed E-state index contributed by atoms with van der Waals surface area (Å²) in [7, 11) is 0. The molecule has 19 heavy (non-hydrogen) atoms. The highest BCUT2D eigenvalue weighted by Crippen LogP contribution is 2.32. The molecule has 2 N–H and O–H groups in total. The molecule has 2 atom stereocenters. The third kappa shape index (κ3) is 4.75. The van der Waals surface area contributed by atoms with Gasteiger partial charge in [0.05, 0.1) is 20.8 Å². The molecule has 1 rings (SSSR count). The number of benzene rings is 1. The lowest BCUT2D eigenvalue weighted by Gasteiger charge is -2.19. The predicted octanol–water partition coefficient (Wildman–Crippen LogP) is 4.36. The molecule has 3 nitrogen and oxygen atoms in total. The van der Waals surface area contributed by atoms with Crippen LogP contribution >= 0.6 is 34.8 Å². The van der Waals surface area contributed by atoms with Gasteiger partial charge in [-0.3, -0.25) is 4.79 Å². The monoisotopic (exact) mass is 322 g/mol. The quantitative estimate of drug-likeness (QED) is 0.790. The predicted molar refractivity (Wildman–Crippen MR) is 82.5 cm³/mol. The highest BCUT2D eigenvalue weighted by Gasteiger charge is 2.16. The van der Waals surface area contributed by atoms with Crippen LogP contribution in [0.5, 0.6) is 0 Å². The van der Waals surface area contributed by atoms with Crippen molar-refractivity contribution >= 4 is 46.4 Å². The van der Waals surface area contributed by atoms with Gasteiger partial charge in [0.25, 0.3) is 0 Å². The highest BCUT2D eigenvalue weighted by atomic mass is 35.5. The number of nitrogens with one attached hydrogen (secondary N) is 2. The maximum Gasteiger partial charge on any atom is 0.242 e. The smallest absolute Gasteiger partial charge is 0.242 e. The summed E-state index contributed by atoms with van der Waals surface area (Å²) in [6.07, 6.45) is 0.881. The van der Waals surface area contributed by atoms with Crippen LogP contribution in [0.4, 0.5) is 5.69 Å². The van der Waals surface area contributed by atoms with Crippen molar-refractivity contribution in [2.24, 2.45) is 0 Å². The second-order valence-corrected chi connectivity index (χ2v) is 5.65. The minimum absolute atomic E-state index is 0.0866. The van der Waals surface area contributed by atoms with Crippen LogP contribution in [0, 0.1) is 0 Å². The molecule has 0 radical (unpaired) electrons. The standard InChI is InChI=1S/C13H17Cl3N2O/c1-4-7(2)17-13(19)8(3)18-12-6-10(15)9(14)5-11(12)16/h5-8,18H,4H2,1-3H3,(H,17,19). The molecule has 0 fully saturated rings. The van der Waals surface area contributed by atoms with Crippen LogP contribution in [0.2, 0.25) is 15.1 Å². The third-order valence-corrected chi connectivity index (χ3v) is 3.81. The molecule has 0 heterocycles. The van der Waals surface area contributed by atoms with E-state index in [1.165, 1.54) is 0 Å². The van der Waals surface area contributed by atoms with Crippen molar-refractivity contribution in [1.29, 1.82) is 0 Å². The zero-order valence-electron chi connectivity index (χ0n) is 11.1.